The molecule has 0 radical (unpaired) electrons. The number of rotatable bonds is 8. The van der Waals surface area contributed by atoms with E-state index in [1.807, 2.05) is 12.1 Å². The van der Waals surface area contributed by atoms with E-state index >= 15 is 0 Å². The van der Waals surface area contributed by atoms with Crippen LogP contribution < -0.4 is 0 Å². The fourth-order valence-corrected chi connectivity index (χ4v) is 3.08. The molecular weight excluding hydrogens is 355 g/mol. The second-order valence-corrected chi connectivity index (χ2v) is 6.27. The summed E-state index contributed by atoms with van der Waals surface area (Å²) < 4.78 is 15.6. The molecule has 0 spiro atoms. The zero-order valence-electron chi connectivity index (χ0n) is 14.2. The number of hydrogen-bond acceptors (Lipinski definition) is 6. The summed E-state index contributed by atoms with van der Waals surface area (Å²) in [7, 11) is 1.71. The highest BCUT2D eigenvalue weighted by molar-refractivity contribution is 7.99. The molecule has 0 N–H and O–H groups in total. The molecular formula is C17H17FN6OS. The third-order valence-electron chi connectivity index (χ3n) is 3.61. The van der Waals surface area contributed by atoms with Crippen LogP contribution in [0.2, 0.25) is 0 Å². The Morgan fingerprint density at radius 2 is 1.88 bits per heavy atom. The zero-order valence-corrected chi connectivity index (χ0v) is 15.0. The summed E-state index contributed by atoms with van der Waals surface area (Å²) in [5.41, 5.74) is 0.338. The van der Waals surface area contributed by atoms with Gasteiger partial charge in [0.05, 0.1) is 36.3 Å². The topological polar surface area (TPSA) is 98.6 Å². The molecule has 0 aliphatic rings. The van der Waals surface area contributed by atoms with Gasteiger partial charge in [0.15, 0.2) is 11.0 Å². The smallest absolute Gasteiger partial charge is 0.233 e. The molecule has 2 rings (SSSR count). The molecule has 0 atom stereocenters. The van der Waals surface area contributed by atoms with E-state index in [0.29, 0.717) is 16.5 Å². The highest BCUT2D eigenvalue weighted by Crippen LogP contribution is 2.24. The summed E-state index contributed by atoms with van der Waals surface area (Å²) in [6.45, 7) is 0.577. The van der Waals surface area contributed by atoms with E-state index in [-0.39, 0.29) is 37.6 Å². The van der Waals surface area contributed by atoms with E-state index in [9.17, 15) is 9.18 Å². The number of nitrogens with zero attached hydrogens (tertiary/aromatic N) is 6. The molecule has 134 valence electrons. The van der Waals surface area contributed by atoms with E-state index < -0.39 is 5.82 Å². The van der Waals surface area contributed by atoms with Gasteiger partial charge in [-0.3, -0.25) is 4.79 Å². The van der Waals surface area contributed by atoms with E-state index in [1.165, 1.54) is 22.7 Å². The summed E-state index contributed by atoms with van der Waals surface area (Å²) in [5.74, 6) is -0.102. The van der Waals surface area contributed by atoms with Crippen LogP contribution in [0.3, 0.4) is 0 Å². The molecule has 0 bridgehead atoms. The van der Waals surface area contributed by atoms with Gasteiger partial charge < -0.3 is 9.47 Å². The van der Waals surface area contributed by atoms with Crippen molar-refractivity contribution in [3.05, 3.63) is 30.1 Å². The van der Waals surface area contributed by atoms with Crippen molar-refractivity contribution in [3.8, 4) is 23.5 Å². The molecule has 0 saturated carbocycles. The number of halogens is 1. The maximum atomic E-state index is 13.9. The van der Waals surface area contributed by atoms with Gasteiger partial charge in [-0.1, -0.05) is 23.9 Å². The first-order valence-electron chi connectivity index (χ1n) is 7.87. The van der Waals surface area contributed by atoms with Crippen LogP contribution in [0.15, 0.2) is 29.4 Å². The molecule has 1 aromatic heterocycles. The lowest BCUT2D eigenvalue weighted by Crippen LogP contribution is -2.34. The SMILES string of the molecule is Cn1c(SCC(=O)N(CCC#N)CCC#N)nnc1-c1ccccc1F. The average Bonchev–Trinajstić information content (AvgIpc) is 3.00. The standard InChI is InChI=1S/C17H17FN6OS/c1-23-16(13-6-2-3-7-14(13)18)21-22-17(23)26-12-15(25)24(10-4-8-19)11-5-9-20/h2-3,6-7H,4-5,10-12H2,1H3. The van der Waals surface area contributed by atoms with Crippen molar-refractivity contribution in [1.82, 2.24) is 19.7 Å². The largest absolute Gasteiger partial charge is 0.340 e. The first-order chi connectivity index (χ1) is 12.6. The molecule has 0 unspecified atom stereocenters. The van der Waals surface area contributed by atoms with Gasteiger partial charge in [-0.15, -0.1) is 10.2 Å². The number of carbonyl (C=O) groups excluding carboxylic acids is 1. The van der Waals surface area contributed by atoms with Gasteiger partial charge in [-0.25, -0.2) is 4.39 Å². The van der Waals surface area contributed by atoms with Crippen LogP contribution in [0.4, 0.5) is 4.39 Å². The van der Waals surface area contributed by atoms with Crippen LogP contribution in [0.5, 0.6) is 0 Å². The highest BCUT2D eigenvalue weighted by Gasteiger charge is 2.18. The Morgan fingerprint density at radius 3 is 2.50 bits per heavy atom. The summed E-state index contributed by atoms with van der Waals surface area (Å²) >= 11 is 1.18. The molecule has 1 heterocycles. The second kappa shape index (κ2) is 9.54. The summed E-state index contributed by atoms with van der Waals surface area (Å²) in [5, 5.41) is 25.9. The summed E-state index contributed by atoms with van der Waals surface area (Å²) in [6, 6.07) is 10.3. The van der Waals surface area contributed by atoms with Crippen LogP contribution in [0.1, 0.15) is 12.8 Å². The molecule has 0 fully saturated rings. The number of hydrogen-bond donors (Lipinski definition) is 0. The van der Waals surface area contributed by atoms with Crippen molar-refractivity contribution >= 4 is 17.7 Å². The number of benzene rings is 1. The predicted octanol–water partition coefficient (Wildman–Crippen LogP) is 2.37. The van der Waals surface area contributed by atoms with Gasteiger partial charge in [0, 0.05) is 20.1 Å². The third-order valence-corrected chi connectivity index (χ3v) is 4.62. The number of thioether (sulfide) groups is 1. The maximum absolute atomic E-state index is 13.9. The first-order valence-corrected chi connectivity index (χ1v) is 8.85. The minimum Gasteiger partial charge on any atom is -0.340 e. The fourth-order valence-electron chi connectivity index (χ4n) is 2.27. The molecule has 2 aromatic rings. The van der Waals surface area contributed by atoms with Gasteiger partial charge in [0.1, 0.15) is 5.82 Å². The van der Waals surface area contributed by atoms with Crippen molar-refractivity contribution in [2.75, 3.05) is 18.8 Å². The normalized spacial score (nSPS) is 10.2. The molecule has 0 aliphatic carbocycles. The molecule has 1 aromatic carbocycles. The van der Waals surface area contributed by atoms with Crippen molar-refractivity contribution < 1.29 is 9.18 Å². The Morgan fingerprint density at radius 1 is 1.23 bits per heavy atom. The number of nitriles is 2. The van der Waals surface area contributed by atoms with Gasteiger partial charge in [0.2, 0.25) is 5.91 Å². The van der Waals surface area contributed by atoms with Crippen molar-refractivity contribution in [2.45, 2.75) is 18.0 Å². The predicted molar refractivity (Wildman–Crippen MR) is 94.2 cm³/mol. The Balaban J connectivity index is 2.05. The molecule has 7 nitrogen and oxygen atoms in total. The van der Waals surface area contributed by atoms with Gasteiger partial charge in [0.25, 0.3) is 0 Å². The van der Waals surface area contributed by atoms with E-state index in [2.05, 4.69) is 10.2 Å². The Hall–Kier alpha value is -2.91. The minimum atomic E-state index is -0.394. The Labute approximate surface area is 155 Å². The van der Waals surface area contributed by atoms with Crippen LogP contribution in [0.25, 0.3) is 11.4 Å². The lowest BCUT2D eigenvalue weighted by molar-refractivity contribution is -0.128. The number of amides is 1. The van der Waals surface area contributed by atoms with Gasteiger partial charge in [-0.2, -0.15) is 10.5 Å². The minimum absolute atomic E-state index is 0.0973. The number of aromatic nitrogens is 3. The van der Waals surface area contributed by atoms with Gasteiger partial charge in [-0.05, 0) is 12.1 Å². The number of carbonyl (C=O) groups is 1. The molecule has 9 heteroatoms. The van der Waals surface area contributed by atoms with Crippen LogP contribution in [-0.4, -0.2) is 44.4 Å². The lowest BCUT2D eigenvalue weighted by atomic mass is 10.2. The van der Waals surface area contributed by atoms with Crippen molar-refractivity contribution in [2.24, 2.45) is 7.05 Å². The van der Waals surface area contributed by atoms with Crippen LogP contribution in [-0.2, 0) is 11.8 Å². The molecule has 0 saturated heterocycles. The summed E-state index contributed by atoms with van der Waals surface area (Å²) in [4.78, 5) is 13.8. The van der Waals surface area contributed by atoms with Crippen molar-refractivity contribution in [3.63, 3.8) is 0 Å². The molecule has 26 heavy (non-hydrogen) atoms. The highest BCUT2D eigenvalue weighted by atomic mass is 32.2. The third kappa shape index (κ3) is 4.80. The van der Waals surface area contributed by atoms with Crippen molar-refractivity contribution in [1.29, 1.82) is 10.5 Å². The fraction of sp³-hybridized carbons (Fsp3) is 0.353. The first kappa shape index (κ1) is 19.4. The zero-order chi connectivity index (χ0) is 18.9. The monoisotopic (exact) mass is 372 g/mol. The molecule has 0 aliphatic heterocycles. The van der Waals surface area contributed by atoms with E-state index in [0.717, 1.165) is 0 Å². The quantitative estimate of drug-likeness (QED) is 0.660. The maximum Gasteiger partial charge on any atom is 0.233 e. The van der Waals surface area contributed by atoms with E-state index in [4.69, 9.17) is 10.5 Å². The lowest BCUT2D eigenvalue weighted by Gasteiger charge is -2.19. The van der Waals surface area contributed by atoms with Crippen LogP contribution in [0, 0.1) is 28.5 Å². The van der Waals surface area contributed by atoms with E-state index in [1.54, 1.807) is 29.8 Å². The van der Waals surface area contributed by atoms with Crippen LogP contribution >= 0.6 is 11.8 Å². The Bertz CT molecular complexity index is 836. The van der Waals surface area contributed by atoms with Gasteiger partial charge >= 0.3 is 0 Å². The second-order valence-electron chi connectivity index (χ2n) is 5.33. The molecule has 1 amide bonds. The average molecular weight is 372 g/mol. The summed E-state index contributed by atoms with van der Waals surface area (Å²) in [6.07, 6.45) is 0.423. The Kier molecular flexibility index (Phi) is 7.12.